The van der Waals surface area contributed by atoms with Crippen LogP contribution >= 0.6 is 11.6 Å². The minimum absolute atomic E-state index is 0.270. The van der Waals surface area contributed by atoms with Gasteiger partial charge in [0.05, 0.1) is 23.7 Å². The van der Waals surface area contributed by atoms with E-state index in [1.54, 1.807) is 12.1 Å². The fraction of sp³-hybridized carbons (Fsp3) is 0.222. The van der Waals surface area contributed by atoms with Gasteiger partial charge in [-0.15, -0.1) is 0 Å². The first-order valence-corrected chi connectivity index (χ1v) is 8.72. The van der Waals surface area contributed by atoms with Gasteiger partial charge in [-0.3, -0.25) is 9.48 Å². The first-order chi connectivity index (χ1) is 12.9. The number of nitrogens with two attached hydrogens (primary N) is 1. The smallest absolute Gasteiger partial charge is 0.248 e. The molecule has 8 nitrogen and oxygen atoms in total. The second kappa shape index (κ2) is 6.24. The molecule has 4 aromatic rings. The van der Waals surface area contributed by atoms with Crippen LogP contribution in [0.25, 0.3) is 33.5 Å². The van der Waals surface area contributed by atoms with Gasteiger partial charge in [0, 0.05) is 17.5 Å². The number of nitrogens with zero attached hydrogens (tertiary/aromatic N) is 4. The van der Waals surface area contributed by atoms with Crippen molar-refractivity contribution >= 4 is 39.4 Å². The number of rotatable bonds is 4. The van der Waals surface area contributed by atoms with Crippen LogP contribution in [-0.2, 0) is 6.54 Å². The van der Waals surface area contributed by atoms with Crippen LogP contribution in [0.15, 0.2) is 18.2 Å². The Morgan fingerprint density at radius 2 is 2.11 bits per heavy atom. The summed E-state index contributed by atoms with van der Waals surface area (Å²) >= 11 is 6.50. The van der Waals surface area contributed by atoms with Crippen LogP contribution in [0.1, 0.15) is 23.0 Å². The van der Waals surface area contributed by atoms with Crippen molar-refractivity contribution < 1.29 is 9.53 Å². The number of aromatic amines is 1. The molecule has 27 heavy (non-hydrogen) atoms. The van der Waals surface area contributed by atoms with E-state index in [1.807, 2.05) is 24.6 Å². The summed E-state index contributed by atoms with van der Waals surface area (Å²) in [5.41, 5.74) is 8.62. The van der Waals surface area contributed by atoms with E-state index in [9.17, 15) is 4.79 Å². The van der Waals surface area contributed by atoms with Gasteiger partial charge >= 0.3 is 0 Å². The van der Waals surface area contributed by atoms with E-state index in [4.69, 9.17) is 22.1 Å². The third-order valence-electron chi connectivity index (χ3n) is 4.41. The molecular weight excluding hydrogens is 368 g/mol. The number of methoxy groups -OCH3 is 1. The average molecular weight is 385 g/mol. The number of nitrogens with one attached hydrogen (secondary N) is 1. The second-order valence-corrected chi connectivity index (χ2v) is 6.50. The van der Waals surface area contributed by atoms with Gasteiger partial charge in [-0.05, 0) is 32.0 Å². The van der Waals surface area contributed by atoms with Crippen LogP contribution in [0.4, 0.5) is 0 Å². The molecule has 0 atom stereocenters. The van der Waals surface area contributed by atoms with Gasteiger partial charge in [0.15, 0.2) is 5.82 Å². The van der Waals surface area contributed by atoms with E-state index < -0.39 is 5.91 Å². The van der Waals surface area contributed by atoms with Gasteiger partial charge in [-0.2, -0.15) is 5.10 Å². The lowest BCUT2D eigenvalue weighted by Crippen LogP contribution is -2.10. The number of halogens is 1. The zero-order chi connectivity index (χ0) is 19.3. The van der Waals surface area contributed by atoms with E-state index in [0.717, 1.165) is 11.4 Å². The molecule has 0 fully saturated rings. The Labute approximate surface area is 159 Å². The van der Waals surface area contributed by atoms with Crippen LogP contribution < -0.4 is 10.5 Å². The molecule has 1 amide bonds. The van der Waals surface area contributed by atoms with Crippen molar-refractivity contribution in [1.82, 2.24) is 24.7 Å². The molecule has 3 N–H and O–H groups in total. The van der Waals surface area contributed by atoms with Crippen molar-refractivity contribution in [3.05, 3.63) is 34.6 Å². The van der Waals surface area contributed by atoms with Gasteiger partial charge in [-0.1, -0.05) is 11.6 Å². The number of hydrogen-bond acceptors (Lipinski definition) is 5. The number of ether oxygens (including phenoxy) is 1. The summed E-state index contributed by atoms with van der Waals surface area (Å²) in [5, 5.41) is 5.98. The number of carbonyl (C=O) groups excluding carboxylic acids is 1. The van der Waals surface area contributed by atoms with Gasteiger partial charge in [0.1, 0.15) is 22.2 Å². The summed E-state index contributed by atoms with van der Waals surface area (Å²) in [7, 11) is 1.52. The Morgan fingerprint density at radius 1 is 1.33 bits per heavy atom. The van der Waals surface area contributed by atoms with Crippen LogP contribution in [0, 0.1) is 6.92 Å². The maximum atomic E-state index is 11.7. The lowest BCUT2D eigenvalue weighted by atomic mass is 10.1. The summed E-state index contributed by atoms with van der Waals surface area (Å²) in [4.78, 5) is 24.0. The molecule has 0 aliphatic heterocycles. The predicted octanol–water partition coefficient (Wildman–Crippen LogP) is 3.06. The molecular formula is C18H17ClN6O2. The number of H-pyrrole nitrogens is 1. The predicted molar refractivity (Wildman–Crippen MR) is 103 cm³/mol. The number of carbonyl (C=O) groups is 1. The summed E-state index contributed by atoms with van der Waals surface area (Å²) in [5.74, 6) is 0.391. The molecule has 4 rings (SSSR count). The van der Waals surface area contributed by atoms with Crippen molar-refractivity contribution in [3.63, 3.8) is 0 Å². The van der Waals surface area contributed by atoms with Crippen molar-refractivity contribution in [2.75, 3.05) is 7.11 Å². The summed E-state index contributed by atoms with van der Waals surface area (Å²) in [6, 6.07) is 5.15. The number of amides is 1. The van der Waals surface area contributed by atoms with Crippen LogP contribution in [0.5, 0.6) is 5.75 Å². The van der Waals surface area contributed by atoms with Crippen LogP contribution in [0.3, 0.4) is 0 Å². The first kappa shape index (κ1) is 17.3. The highest BCUT2D eigenvalue weighted by Gasteiger charge is 2.19. The Morgan fingerprint density at radius 3 is 2.78 bits per heavy atom. The van der Waals surface area contributed by atoms with Crippen molar-refractivity contribution in [3.8, 4) is 17.3 Å². The maximum Gasteiger partial charge on any atom is 0.248 e. The average Bonchev–Trinajstić information content (AvgIpc) is 3.20. The highest BCUT2D eigenvalue weighted by molar-refractivity contribution is 6.36. The highest BCUT2D eigenvalue weighted by atomic mass is 35.5. The van der Waals surface area contributed by atoms with Crippen molar-refractivity contribution in [2.45, 2.75) is 20.4 Å². The molecule has 1 aromatic carbocycles. The van der Waals surface area contributed by atoms with E-state index in [2.05, 4.69) is 20.1 Å². The molecule has 0 aliphatic rings. The highest BCUT2D eigenvalue weighted by Crippen LogP contribution is 2.36. The van der Waals surface area contributed by atoms with Gasteiger partial charge in [0.2, 0.25) is 5.91 Å². The molecule has 9 heteroatoms. The maximum absolute atomic E-state index is 11.7. The molecule has 0 spiro atoms. The quantitative estimate of drug-likeness (QED) is 0.525. The monoisotopic (exact) mass is 384 g/mol. The van der Waals surface area contributed by atoms with Crippen molar-refractivity contribution in [2.24, 2.45) is 5.73 Å². The number of fused-ring (bicyclic) bond motifs is 3. The van der Waals surface area contributed by atoms with Gasteiger partial charge in [-0.25, -0.2) is 9.97 Å². The molecule has 0 saturated carbocycles. The molecule has 3 aromatic heterocycles. The standard InChI is InChI=1S/C18H17ClN6O2/c1-4-25-11(5-8(2)24-25)17-22-15(19)13-10-6-9(16(20)26)7-12(27-3)14(10)21-18(13)23-17/h5-7H,4H2,1-3H3,(H2,20,26)(H,21,22,23). The SMILES string of the molecule is CCn1nc(C)cc1-c1nc(Cl)c2c(n1)[nH]c1c(OC)cc(C(N)=O)cc12. The molecule has 0 aliphatic carbocycles. The van der Waals surface area contributed by atoms with E-state index in [-0.39, 0.29) is 5.15 Å². The second-order valence-electron chi connectivity index (χ2n) is 6.14. The summed E-state index contributed by atoms with van der Waals surface area (Å²) in [6.07, 6.45) is 0. The van der Waals surface area contributed by atoms with E-state index in [1.165, 1.54) is 7.11 Å². The fourth-order valence-electron chi connectivity index (χ4n) is 3.21. The topological polar surface area (TPSA) is 112 Å². The molecule has 0 saturated heterocycles. The normalized spacial score (nSPS) is 11.4. The number of primary amides is 1. The van der Waals surface area contributed by atoms with Crippen molar-refractivity contribution in [1.29, 1.82) is 0 Å². The molecule has 0 unspecified atom stereocenters. The first-order valence-electron chi connectivity index (χ1n) is 8.34. The molecule has 3 heterocycles. The Bertz CT molecular complexity index is 1210. The lowest BCUT2D eigenvalue weighted by Gasteiger charge is -2.05. The Hall–Kier alpha value is -3.13. The fourth-order valence-corrected chi connectivity index (χ4v) is 3.48. The molecule has 138 valence electrons. The largest absolute Gasteiger partial charge is 0.495 e. The molecule has 0 radical (unpaired) electrons. The van der Waals surface area contributed by atoms with Crippen LogP contribution in [-0.4, -0.2) is 37.7 Å². The van der Waals surface area contributed by atoms with Gasteiger partial charge in [0.25, 0.3) is 0 Å². The van der Waals surface area contributed by atoms with Crippen LogP contribution in [0.2, 0.25) is 5.15 Å². The number of aryl methyl sites for hydroxylation is 2. The summed E-state index contributed by atoms with van der Waals surface area (Å²) in [6.45, 7) is 4.59. The molecule has 0 bridgehead atoms. The third kappa shape index (κ3) is 2.69. The lowest BCUT2D eigenvalue weighted by molar-refractivity contribution is 0.1000. The number of aromatic nitrogens is 5. The Kier molecular flexibility index (Phi) is 4.00. The van der Waals surface area contributed by atoms with E-state index in [0.29, 0.717) is 45.6 Å². The number of hydrogen-bond donors (Lipinski definition) is 2. The zero-order valence-corrected chi connectivity index (χ0v) is 15.8. The Balaban J connectivity index is 2.03. The number of benzene rings is 1. The minimum Gasteiger partial charge on any atom is -0.495 e. The van der Waals surface area contributed by atoms with E-state index >= 15 is 0 Å². The zero-order valence-electron chi connectivity index (χ0n) is 15.0. The third-order valence-corrected chi connectivity index (χ3v) is 4.69. The minimum atomic E-state index is -0.555. The van der Waals surface area contributed by atoms with Gasteiger partial charge < -0.3 is 15.5 Å². The summed E-state index contributed by atoms with van der Waals surface area (Å²) < 4.78 is 7.22.